The minimum Gasteiger partial charge on any atom is -0.350 e. The molecule has 2 aromatic rings. The first-order chi connectivity index (χ1) is 10.6. The highest BCUT2D eigenvalue weighted by Gasteiger charge is 2.26. The van der Waals surface area contributed by atoms with Crippen molar-refractivity contribution in [2.75, 3.05) is 24.5 Å². The third kappa shape index (κ3) is 3.59. The monoisotopic (exact) mass is 380 g/mol. The summed E-state index contributed by atoms with van der Waals surface area (Å²) in [5.74, 6) is 0.881. The molecule has 1 aliphatic heterocycles. The Morgan fingerprint density at radius 1 is 1.27 bits per heavy atom. The molecular formula is C16H18BrClN4. The van der Waals surface area contributed by atoms with Gasteiger partial charge in [-0.2, -0.15) is 4.98 Å². The smallest absolute Gasteiger partial charge is 0.224 e. The van der Waals surface area contributed by atoms with Crippen molar-refractivity contribution in [3.63, 3.8) is 0 Å². The Kier molecular flexibility index (Phi) is 4.96. The van der Waals surface area contributed by atoms with Crippen LogP contribution in [0, 0.1) is 0 Å². The molecule has 0 N–H and O–H groups in total. The molecule has 0 radical (unpaired) electrons. The van der Waals surface area contributed by atoms with Crippen LogP contribution in [0.2, 0.25) is 5.28 Å². The molecule has 4 nitrogen and oxygen atoms in total. The second-order valence-corrected chi connectivity index (χ2v) is 6.77. The molecule has 0 aliphatic carbocycles. The minimum atomic E-state index is 0.289. The van der Waals surface area contributed by atoms with Gasteiger partial charge in [0.15, 0.2) is 0 Å². The third-order valence-electron chi connectivity index (χ3n) is 3.93. The molecule has 1 atom stereocenters. The highest BCUT2D eigenvalue weighted by atomic mass is 79.9. The average molecular weight is 382 g/mol. The van der Waals surface area contributed by atoms with Crippen LogP contribution in [0.1, 0.15) is 12.5 Å². The summed E-state index contributed by atoms with van der Waals surface area (Å²) in [6, 6.07) is 11.0. The molecule has 6 heteroatoms. The van der Waals surface area contributed by atoms with Gasteiger partial charge in [0.1, 0.15) is 5.82 Å². The first-order valence-electron chi connectivity index (χ1n) is 7.34. The first kappa shape index (κ1) is 15.7. The Morgan fingerprint density at radius 3 is 2.77 bits per heavy atom. The number of hydrogen-bond acceptors (Lipinski definition) is 4. The minimum absolute atomic E-state index is 0.289. The lowest BCUT2D eigenvalue weighted by molar-refractivity contribution is 0.220. The zero-order chi connectivity index (χ0) is 15.5. The van der Waals surface area contributed by atoms with Crippen LogP contribution >= 0.6 is 27.5 Å². The molecule has 116 valence electrons. The summed E-state index contributed by atoms with van der Waals surface area (Å²) in [7, 11) is 0. The predicted molar refractivity (Wildman–Crippen MR) is 93.3 cm³/mol. The van der Waals surface area contributed by atoms with Crippen LogP contribution in [0.15, 0.2) is 41.0 Å². The van der Waals surface area contributed by atoms with Gasteiger partial charge < -0.3 is 4.90 Å². The van der Waals surface area contributed by atoms with Gasteiger partial charge in [-0.15, -0.1) is 0 Å². The van der Waals surface area contributed by atoms with Gasteiger partial charge in [-0.1, -0.05) is 30.3 Å². The van der Waals surface area contributed by atoms with E-state index in [9.17, 15) is 0 Å². The summed E-state index contributed by atoms with van der Waals surface area (Å²) < 4.78 is 0.889. The predicted octanol–water partition coefficient (Wildman–Crippen LogP) is 3.60. The van der Waals surface area contributed by atoms with Crippen LogP contribution < -0.4 is 4.90 Å². The highest BCUT2D eigenvalue weighted by Crippen LogP contribution is 2.27. The van der Waals surface area contributed by atoms with Gasteiger partial charge in [-0.25, -0.2) is 4.98 Å². The summed E-state index contributed by atoms with van der Waals surface area (Å²) >= 11 is 9.46. The first-order valence-corrected chi connectivity index (χ1v) is 8.51. The van der Waals surface area contributed by atoms with E-state index in [-0.39, 0.29) is 5.28 Å². The van der Waals surface area contributed by atoms with E-state index < -0.39 is 0 Å². The van der Waals surface area contributed by atoms with Crippen molar-refractivity contribution in [2.45, 2.75) is 19.5 Å². The molecule has 1 unspecified atom stereocenters. The van der Waals surface area contributed by atoms with Crippen LogP contribution in [0.3, 0.4) is 0 Å². The molecule has 22 heavy (non-hydrogen) atoms. The highest BCUT2D eigenvalue weighted by molar-refractivity contribution is 9.10. The maximum atomic E-state index is 5.94. The normalized spacial score (nSPS) is 19.4. The second-order valence-electron chi connectivity index (χ2n) is 5.57. The Bertz CT molecular complexity index is 637. The van der Waals surface area contributed by atoms with E-state index in [4.69, 9.17) is 11.6 Å². The van der Waals surface area contributed by atoms with E-state index >= 15 is 0 Å². The molecule has 0 spiro atoms. The summed E-state index contributed by atoms with van der Waals surface area (Å²) in [6.45, 7) is 6.15. The quantitative estimate of drug-likeness (QED) is 0.760. The molecule has 1 aromatic heterocycles. The zero-order valence-corrected chi connectivity index (χ0v) is 14.8. The number of benzene rings is 1. The molecule has 1 aromatic carbocycles. The maximum Gasteiger partial charge on any atom is 0.224 e. The van der Waals surface area contributed by atoms with Crippen LogP contribution in [-0.2, 0) is 6.54 Å². The largest absolute Gasteiger partial charge is 0.350 e. The standard InChI is InChI=1S/C16H18BrClN4/c1-12-10-21(11-13-5-3-2-4-6-13)7-8-22(12)15-14(17)9-19-16(18)20-15/h2-6,9,12H,7-8,10-11H2,1H3. The Labute approximate surface area is 144 Å². The van der Waals surface area contributed by atoms with Gasteiger partial charge in [0.05, 0.1) is 4.47 Å². The van der Waals surface area contributed by atoms with Crippen molar-refractivity contribution in [1.29, 1.82) is 0 Å². The number of nitrogens with zero attached hydrogens (tertiary/aromatic N) is 4. The SMILES string of the molecule is CC1CN(Cc2ccccc2)CCN1c1nc(Cl)ncc1Br. The van der Waals surface area contributed by atoms with E-state index in [1.165, 1.54) is 5.56 Å². The van der Waals surface area contributed by atoms with Crippen molar-refractivity contribution in [3.05, 3.63) is 51.8 Å². The molecule has 2 heterocycles. The van der Waals surface area contributed by atoms with Crippen molar-refractivity contribution in [2.24, 2.45) is 0 Å². The van der Waals surface area contributed by atoms with Crippen LogP contribution in [0.5, 0.6) is 0 Å². The summed E-state index contributed by atoms with van der Waals surface area (Å²) in [5, 5.41) is 0.289. The number of rotatable bonds is 3. The zero-order valence-electron chi connectivity index (χ0n) is 12.4. The van der Waals surface area contributed by atoms with Gasteiger partial charge >= 0.3 is 0 Å². The summed E-state index contributed by atoms with van der Waals surface area (Å²) in [4.78, 5) is 13.1. The van der Waals surface area contributed by atoms with Crippen molar-refractivity contribution in [1.82, 2.24) is 14.9 Å². The number of halogens is 2. The van der Waals surface area contributed by atoms with E-state index in [1.807, 2.05) is 0 Å². The maximum absolute atomic E-state index is 5.94. The van der Waals surface area contributed by atoms with E-state index in [0.29, 0.717) is 6.04 Å². The van der Waals surface area contributed by atoms with Gasteiger partial charge in [0.2, 0.25) is 5.28 Å². The number of anilines is 1. The summed E-state index contributed by atoms with van der Waals surface area (Å²) in [6.07, 6.45) is 1.72. The number of hydrogen-bond donors (Lipinski definition) is 0. The number of piperazine rings is 1. The van der Waals surface area contributed by atoms with Crippen LogP contribution in [-0.4, -0.2) is 40.5 Å². The summed E-state index contributed by atoms with van der Waals surface area (Å²) in [5.41, 5.74) is 1.36. The lowest BCUT2D eigenvalue weighted by Gasteiger charge is -2.40. The molecule has 0 bridgehead atoms. The molecule has 0 saturated carbocycles. The third-order valence-corrected chi connectivity index (χ3v) is 4.67. The Balaban J connectivity index is 1.68. The van der Waals surface area contributed by atoms with Crippen molar-refractivity contribution >= 4 is 33.3 Å². The van der Waals surface area contributed by atoms with Crippen molar-refractivity contribution in [3.8, 4) is 0 Å². The fourth-order valence-electron chi connectivity index (χ4n) is 2.87. The van der Waals surface area contributed by atoms with Gasteiger partial charge in [0, 0.05) is 38.4 Å². The molecule has 0 amide bonds. The average Bonchev–Trinajstić information content (AvgIpc) is 2.51. The van der Waals surface area contributed by atoms with E-state index in [2.05, 4.69) is 73.0 Å². The lowest BCUT2D eigenvalue weighted by Crippen LogP contribution is -2.52. The van der Waals surface area contributed by atoms with E-state index in [0.717, 1.165) is 36.5 Å². The molecule has 1 aliphatic rings. The molecule has 1 fully saturated rings. The topological polar surface area (TPSA) is 32.3 Å². The lowest BCUT2D eigenvalue weighted by atomic mass is 10.1. The van der Waals surface area contributed by atoms with Crippen LogP contribution in [0.4, 0.5) is 5.82 Å². The van der Waals surface area contributed by atoms with Crippen LogP contribution in [0.25, 0.3) is 0 Å². The fraction of sp³-hybridized carbons (Fsp3) is 0.375. The molecular weight excluding hydrogens is 364 g/mol. The van der Waals surface area contributed by atoms with E-state index in [1.54, 1.807) is 6.20 Å². The second kappa shape index (κ2) is 6.94. The Hall–Kier alpha value is -1.17. The molecule has 1 saturated heterocycles. The number of aromatic nitrogens is 2. The van der Waals surface area contributed by atoms with Gasteiger partial charge in [-0.3, -0.25) is 4.90 Å². The van der Waals surface area contributed by atoms with Crippen molar-refractivity contribution < 1.29 is 0 Å². The molecule has 3 rings (SSSR count). The fourth-order valence-corrected chi connectivity index (χ4v) is 3.42. The van der Waals surface area contributed by atoms with Gasteiger partial charge in [-0.05, 0) is 40.0 Å². The van der Waals surface area contributed by atoms with Gasteiger partial charge in [0.25, 0.3) is 0 Å². The Morgan fingerprint density at radius 2 is 2.05 bits per heavy atom.